The first kappa shape index (κ1) is 21.0. The van der Waals surface area contributed by atoms with Crippen LogP contribution in [-0.2, 0) is 11.2 Å². The number of carbonyl (C=O) groups excluding carboxylic acids is 1. The fourth-order valence-corrected chi connectivity index (χ4v) is 4.23. The van der Waals surface area contributed by atoms with Gasteiger partial charge in [0, 0.05) is 34.5 Å². The maximum Gasteiger partial charge on any atom is 0.269 e. The molecule has 1 unspecified atom stereocenters. The van der Waals surface area contributed by atoms with E-state index in [-0.39, 0.29) is 16.8 Å². The summed E-state index contributed by atoms with van der Waals surface area (Å²) in [6.07, 6.45) is 0.747. The highest BCUT2D eigenvalue weighted by Gasteiger charge is 2.14. The molecular formula is C21H21N3O3S2. The number of thiazole rings is 1. The Hall–Kier alpha value is -2.71. The maximum atomic E-state index is 12.3. The third-order valence-electron chi connectivity index (χ3n) is 4.31. The minimum absolute atomic E-state index is 0.0439. The van der Waals surface area contributed by atoms with Crippen molar-refractivity contribution in [3.63, 3.8) is 0 Å². The minimum atomic E-state index is -0.435. The van der Waals surface area contributed by atoms with Crippen LogP contribution in [0.1, 0.15) is 17.5 Å². The van der Waals surface area contributed by atoms with Crippen molar-refractivity contribution in [3.05, 3.63) is 74.6 Å². The van der Waals surface area contributed by atoms with Gasteiger partial charge in [-0.25, -0.2) is 4.98 Å². The Morgan fingerprint density at radius 2 is 1.90 bits per heavy atom. The van der Waals surface area contributed by atoms with Crippen LogP contribution in [0.5, 0.6) is 0 Å². The van der Waals surface area contributed by atoms with E-state index < -0.39 is 4.92 Å². The summed E-state index contributed by atoms with van der Waals surface area (Å²) in [5.41, 5.74) is 3.28. The molecule has 1 heterocycles. The largest absolute Gasteiger partial charge is 0.355 e. The van der Waals surface area contributed by atoms with E-state index in [2.05, 4.69) is 39.9 Å². The fourth-order valence-electron chi connectivity index (χ4n) is 2.72. The van der Waals surface area contributed by atoms with Gasteiger partial charge in [-0.05, 0) is 38.0 Å². The van der Waals surface area contributed by atoms with Gasteiger partial charge >= 0.3 is 0 Å². The van der Waals surface area contributed by atoms with Crippen LogP contribution in [0.2, 0.25) is 0 Å². The first-order valence-electron chi connectivity index (χ1n) is 9.12. The van der Waals surface area contributed by atoms with Gasteiger partial charge in [0.05, 0.1) is 20.9 Å². The molecule has 1 amide bonds. The zero-order valence-electron chi connectivity index (χ0n) is 16.1. The molecule has 0 radical (unpaired) electrons. The van der Waals surface area contributed by atoms with Crippen molar-refractivity contribution < 1.29 is 9.72 Å². The van der Waals surface area contributed by atoms with Crippen molar-refractivity contribution in [2.45, 2.75) is 30.4 Å². The molecule has 0 bridgehead atoms. The van der Waals surface area contributed by atoms with Gasteiger partial charge < -0.3 is 5.32 Å². The topological polar surface area (TPSA) is 85.1 Å². The molecule has 0 fully saturated rings. The second-order valence-corrected chi connectivity index (χ2v) is 8.98. The Morgan fingerprint density at radius 1 is 1.21 bits per heavy atom. The third kappa shape index (κ3) is 5.88. The van der Waals surface area contributed by atoms with E-state index in [0.717, 1.165) is 33.1 Å². The highest BCUT2D eigenvalue weighted by Crippen LogP contribution is 2.25. The van der Waals surface area contributed by atoms with Crippen LogP contribution in [0.3, 0.4) is 0 Å². The van der Waals surface area contributed by atoms with Gasteiger partial charge in [-0.1, -0.05) is 24.3 Å². The van der Waals surface area contributed by atoms with Crippen LogP contribution < -0.4 is 5.32 Å². The van der Waals surface area contributed by atoms with Crippen LogP contribution in [0.25, 0.3) is 11.3 Å². The number of nitro benzene ring substituents is 1. The Bertz CT molecular complexity index is 985. The molecule has 29 heavy (non-hydrogen) atoms. The van der Waals surface area contributed by atoms with E-state index in [4.69, 9.17) is 0 Å². The average molecular weight is 428 g/mol. The summed E-state index contributed by atoms with van der Waals surface area (Å²) in [5, 5.41) is 16.5. The van der Waals surface area contributed by atoms with E-state index >= 15 is 0 Å². The number of aromatic nitrogens is 1. The van der Waals surface area contributed by atoms with E-state index in [1.54, 1.807) is 23.5 Å². The molecule has 6 nitrogen and oxygen atoms in total. The standard InChI is InChI=1S/C21H21N3O3S2/c1-14(29-19-9-7-18(8-10-19)24(26)27)21(25)22-12-11-16-3-5-17(6-4-16)20-13-28-15(2)23-20/h3-10,13-14H,11-12H2,1-2H3,(H,22,25). The highest BCUT2D eigenvalue weighted by atomic mass is 32.2. The number of aryl methyl sites for hydroxylation is 1. The SMILES string of the molecule is Cc1nc(-c2ccc(CCNC(=O)C(C)Sc3ccc([N+](=O)[O-])cc3)cc2)cs1. The number of thioether (sulfide) groups is 1. The molecule has 8 heteroatoms. The Labute approximate surface area is 177 Å². The number of carbonyl (C=O) groups is 1. The quantitative estimate of drug-likeness (QED) is 0.315. The maximum absolute atomic E-state index is 12.3. The number of benzene rings is 2. The second-order valence-electron chi connectivity index (χ2n) is 6.50. The molecule has 0 aliphatic heterocycles. The molecule has 1 aromatic heterocycles. The monoisotopic (exact) mass is 427 g/mol. The number of hydrogen-bond donors (Lipinski definition) is 1. The lowest BCUT2D eigenvalue weighted by molar-refractivity contribution is -0.384. The Balaban J connectivity index is 1.45. The number of non-ortho nitro benzene ring substituents is 1. The molecule has 1 atom stereocenters. The van der Waals surface area contributed by atoms with Crippen molar-refractivity contribution in [1.82, 2.24) is 10.3 Å². The first-order chi connectivity index (χ1) is 13.9. The fraction of sp³-hybridized carbons (Fsp3) is 0.238. The Morgan fingerprint density at radius 3 is 2.48 bits per heavy atom. The smallest absolute Gasteiger partial charge is 0.269 e. The molecule has 1 N–H and O–H groups in total. The third-order valence-corrected chi connectivity index (χ3v) is 6.20. The van der Waals surface area contributed by atoms with Crippen molar-refractivity contribution in [1.29, 1.82) is 0 Å². The van der Waals surface area contributed by atoms with Gasteiger partial charge in [0.1, 0.15) is 0 Å². The molecule has 0 aliphatic rings. The van der Waals surface area contributed by atoms with Crippen molar-refractivity contribution >= 4 is 34.7 Å². The van der Waals surface area contributed by atoms with Gasteiger partial charge in [0.15, 0.2) is 0 Å². The summed E-state index contributed by atoms with van der Waals surface area (Å²) in [6.45, 7) is 4.37. The number of nitrogens with one attached hydrogen (secondary N) is 1. The zero-order chi connectivity index (χ0) is 20.8. The average Bonchev–Trinajstić information content (AvgIpc) is 3.15. The molecule has 150 valence electrons. The molecule has 3 rings (SSSR count). The molecule has 0 saturated heterocycles. The van der Waals surface area contributed by atoms with Gasteiger partial charge in [-0.3, -0.25) is 14.9 Å². The Kier molecular flexibility index (Phi) is 7.00. The summed E-state index contributed by atoms with van der Waals surface area (Å²) >= 11 is 3.01. The molecule has 2 aromatic carbocycles. The summed E-state index contributed by atoms with van der Waals surface area (Å²) in [6, 6.07) is 14.5. The lowest BCUT2D eigenvalue weighted by Gasteiger charge is -2.12. The number of hydrogen-bond acceptors (Lipinski definition) is 6. The number of amides is 1. The van der Waals surface area contributed by atoms with Crippen LogP contribution in [0.4, 0.5) is 5.69 Å². The molecule has 0 aliphatic carbocycles. The first-order valence-corrected chi connectivity index (χ1v) is 10.9. The summed E-state index contributed by atoms with van der Waals surface area (Å²) in [4.78, 5) is 27.9. The zero-order valence-corrected chi connectivity index (χ0v) is 17.8. The van der Waals surface area contributed by atoms with E-state index in [0.29, 0.717) is 6.54 Å². The van der Waals surface area contributed by atoms with Crippen molar-refractivity contribution in [2.24, 2.45) is 0 Å². The normalized spacial score (nSPS) is 11.8. The van der Waals surface area contributed by atoms with Crippen molar-refractivity contribution in [3.8, 4) is 11.3 Å². The summed E-state index contributed by atoms with van der Waals surface area (Å²) in [5.74, 6) is -0.0529. The molecular weight excluding hydrogens is 406 g/mol. The second kappa shape index (κ2) is 9.67. The highest BCUT2D eigenvalue weighted by molar-refractivity contribution is 8.00. The predicted octanol–water partition coefficient (Wildman–Crippen LogP) is 4.87. The van der Waals surface area contributed by atoms with Crippen molar-refractivity contribution in [2.75, 3.05) is 6.54 Å². The lowest BCUT2D eigenvalue weighted by Crippen LogP contribution is -2.32. The minimum Gasteiger partial charge on any atom is -0.355 e. The van der Waals surface area contributed by atoms with E-state index in [1.165, 1.54) is 23.9 Å². The van der Waals surface area contributed by atoms with Gasteiger partial charge in [-0.2, -0.15) is 0 Å². The van der Waals surface area contributed by atoms with E-state index in [9.17, 15) is 14.9 Å². The summed E-state index contributed by atoms with van der Waals surface area (Å²) in [7, 11) is 0. The number of rotatable bonds is 8. The van der Waals surface area contributed by atoms with Crippen LogP contribution in [-0.4, -0.2) is 27.6 Å². The van der Waals surface area contributed by atoms with Crippen LogP contribution in [0.15, 0.2) is 58.8 Å². The van der Waals surface area contributed by atoms with Gasteiger partial charge in [-0.15, -0.1) is 23.1 Å². The van der Waals surface area contributed by atoms with Gasteiger partial charge in [0.2, 0.25) is 5.91 Å². The molecule has 0 saturated carbocycles. The molecule has 0 spiro atoms. The predicted molar refractivity (Wildman–Crippen MR) is 117 cm³/mol. The number of nitro groups is 1. The number of nitrogens with zero attached hydrogens (tertiary/aromatic N) is 2. The van der Waals surface area contributed by atoms with Crippen LogP contribution >= 0.6 is 23.1 Å². The van der Waals surface area contributed by atoms with Crippen LogP contribution in [0, 0.1) is 17.0 Å². The van der Waals surface area contributed by atoms with E-state index in [1.807, 2.05) is 13.8 Å². The molecule has 3 aromatic rings. The summed E-state index contributed by atoms with van der Waals surface area (Å²) < 4.78 is 0. The lowest BCUT2D eigenvalue weighted by atomic mass is 10.1. The van der Waals surface area contributed by atoms with Gasteiger partial charge in [0.25, 0.3) is 5.69 Å².